The van der Waals surface area contributed by atoms with Gasteiger partial charge in [0, 0.05) is 25.3 Å². The van der Waals surface area contributed by atoms with Gasteiger partial charge in [-0.05, 0) is 30.7 Å². The number of nitrogens with zero attached hydrogens (tertiary/aromatic N) is 2. The molecular formula is C16H18FN5O3S. The van der Waals surface area contributed by atoms with Gasteiger partial charge in [-0.25, -0.2) is 27.7 Å². The number of amides is 2. The molecule has 0 aliphatic carbocycles. The summed E-state index contributed by atoms with van der Waals surface area (Å²) in [6, 6.07) is 8.26. The minimum atomic E-state index is -3.78. The monoisotopic (exact) mass is 379 g/mol. The van der Waals surface area contributed by atoms with Crippen LogP contribution < -0.4 is 20.7 Å². The Morgan fingerprint density at radius 3 is 2.69 bits per heavy atom. The summed E-state index contributed by atoms with van der Waals surface area (Å²) in [4.78, 5) is 18.0. The topological polar surface area (TPSA) is 117 Å². The molecule has 1 atom stereocenters. The van der Waals surface area contributed by atoms with Crippen LogP contribution >= 0.6 is 0 Å². The molecule has 2 aromatic rings. The summed E-state index contributed by atoms with van der Waals surface area (Å²) in [5.41, 5.74) is 0.111. The molecule has 0 radical (unpaired) electrons. The first-order valence-electron chi connectivity index (χ1n) is 7.89. The molecule has 10 heteroatoms. The fraction of sp³-hybridized carbons (Fsp3) is 0.250. The van der Waals surface area contributed by atoms with Crippen molar-refractivity contribution in [2.75, 3.05) is 23.3 Å². The van der Waals surface area contributed by atoms with E-state index in [9.17, 15) is 17.6 Å². The number of urea groups is 1. The Morgan fingerprint density at radius 2 is 2.04 bits per heavy atom. The van der Waals surface area contributed by atoms with Crippen LogP contribution in [0.3, 0.4) is 0 Å². The number of primary sulfonamides is 1. The fourth-order valence-corrected chi connectivity index (χ4v) is 3.18. The van der Waals surface area contributed by atoms with Crippen molar-refractivity contribution in [3.63, 3.8) is 0 Å². The number of nitrogens with one attached hydrogen (secondary N) is 2. The number of para-hydroxylation sites is 1. The second-order valence-electron chi connectivity index (χ2n) is 5.91. The van der Waals surface area contributed by atoms with Gasteiger partial charge < -0.3 is 15.5 Å². The average molecular weight is 379 g/mol. The number of halogens is 1. The minimum absolute atomic E-state index is 0.0561. The lowest BCUT2D eigenvalue weighted by Gasteiger charge is -2.18. The van der Waals surface area contributed by atoms with Crippen LogP contribution in [0.1, 0.15) is 6.42 Å². The average Bonchev–Trinajstić information content (AvgIpc) is 3.05. The van der Waals surface area contributed by atoms with Gasteiger partial charge in [0.1, 0.15) is 16.5 Å². The molecule has 1 aromatic carbocycles. The van der Waals surface area contributed by atoms with E-state index in [0.717, 1.165) is 0 Å². The Labute approximate surface area is 150 Å². The summed E-state index contributed by atoms with van der Waals surface area (Å²) in [6.45, 7) is 1.15. The molecule has 1 fully saturated rings. The molecule has 3 rings (SSSR count). The van der Waals surface area contributed by atoms with Crippen molar-refractivity contribution in [1.82, 2.24) is 10.3 Å². The van der Waals surface area contributed by atoms with Gasteiger partial charge in [0.15, 0.2) is 0 Å². The Hall–Kier alpha value is -2.72. The normalized spacial score (nSPS) is 17.2. The smallest absolute Gasteiger partial charge is 0.319 e. The number of carbonyl (C=O) groups excluding carboxylic acids is 1. The predicted octanol–water partition coefficient (Wildman–Crippen LogP) is 1.27. The summed E-state index contributed by atoms with van der Waals surface area (Å²) < 4.78 is 36.1. The van der Waals surface area contributed by atoms with Gasteiger partial charge in [-0.2, -0.15) is 0 Å². The SMILES string of the molecule is NS(=O)(=O)c1ccc(N2CC[C@@H](NC(=O)Nc3ccccc3F)C2)nc1. The zero-order valence-corrected chi connectivity index (χ0v) is 14.5. The van der Waals surface area contributed by atoms with Crippen molar-refractivity contribution < 1.29 is 17.6 Å². The number of hydrogen-bond acceptors (Lipinski definition) is 5. The first-order chi connectivity index (χ1) is 12.3. The van der Waals surface area contributed by atoms with E-state index in [1.807, 2.05) is 4.90 Å². The molecule has 0 saturated carbocycles. The lowest BCUT2D eigenvalue weighted by Crippen LogP contribution is -2.40. The second kappa shape index (κ2) is 7.26. The molecule has 138 valence electrons. The van der Waals surface area contributed by atoms with Crippen LogP contribution in [-0.4, -0.2) is 38.6 Å². The van der Waals surface area contributed by atoms with Crippen molar-refractivity contribution in [3.05, 3.63) is 48.4 Å². The van der Waals surface area contributed by atoms with Crippen molar-refractivity contribution in [3.8, 4) is 0 Å². The summed E-state index contributed by atoms with van der Waals surface area (Å²) in [5.74, 6) is 0.0889. The third-order valence-electron chi connectivity index (χ3n) is 4.02. The summed E-state index contributed by atoms with van der Waals surface area (Å²) in [6.07, 6.45) is 1.89. The lowest BCUT2D eigenvalue weighted by atomic mass is 10.2. The highest BCUT2D eigenvalue weighted by Gasteiger charge is 2.25. The van der Waals surface area contributed by atoms with Crippen LogP contribution in [0.25, 0.3) is 0 Å². The summed E-state index contributed by atoms with van der Waals surface area (Å²) in [7, 11) is -3.78. The van der Waals surface area contributed by atoms with E-state index in [2.05, 4.69) is 15.6 Å². The number of aromatic nitrogens is 1. The van der Waals surface area contributed by atoms with E-state index >= 15 is 0 Å². The molecule has 1 aromatic heterocycles. The highest BCUT2D eigenvalue weighted by atomic mass is 32.2. The Bertz CT molecular complexity index is 904. The number of benzene rings is 1. The largest absolute Gasteiger partial charge is 0.354 e. The van der Waals surface area contributed by atoms with Crippen molar-refractivity contribution in [2.24, 2.45) is 5.14 Å². The number of sulfonamides is 1. The van der Waals surface area contributed by atoms with E-state index in [4.69, 9.17) is 5.14 Å². The van der Waals surface area contributed by atoms with E-state index in [1.54, 1.807) is 18.2 Å². The number of rotatable bonds is 4. The van der Waals surface area contributed by atoms with Gasteiger partial charge in [-0.3, -0.25) is 0 Å². The number of carbonyl (C=O) groups is 1. The molecule has 1 aliphatic rings. The van der Waals surface area contributed by atoms with E-state index in [0.29, 0.717) is 25.3 Å². The Morgan fingerprint density at radius 1 is 1.27 bits per heavy atom. The zero-order valence-electron chi connectivity index (χ0n) is 13.7. The maximum Gasteiger partial charge on any atom is 0.319 e. The van der Waals surface area contributed by atoms with Crippen LogP contribution in [0.4, 0.5) is 20.7 Å². The molecule has 2 heterocycles. The molecule has 2 amide bonds. The molecule has 0 spiro atoms. The van der Waals surface area contributed by atoms with Crippen LogP contribution in [0.2, 0.25) is 0 Å². The fourth-order valence-electron chi connectivity index (χ4n) is 2.72. The molecule has 0 bridgehead atoms. The molecule has 8 nitrogen and oxygen atoms in total. The molecule has 0 unspecified atom stereocenters. The van der Waals surface area contributed by atoms with Gasteiger partial charge in [0.2, 0.25) is 10.0 Å². The number of nitrogens with two attached hydrogens (primary N) is 1. The highest BCUT2D eigenvalue weighted by Crippen LogP contribution is 2.19. The number of pyridine rings is 1. The van der Waals surface area contributed by atoms with E-state index < -0.39 is 21.9 Å². The molecule has 1 saturated heterocycles. The molecular weight excluding hydrogens is 361 g/mol. The van der Waals surface area contributed by atoms with Gasteiger partial charge >= 0.3 is 6.03 Å². The number of anilines is 2. The maximum absolute atomic E-state index is 13.6. The molecule has 4 N–H and O–H groups in total. The first-order valence-corrected chi connectivity index (χ1v) is 9.43. The predicted molar refractivity (Wildman–Crippen MR) is 94.8 cm³/mol. The molecule has 26 heavy (non-hydrogen) atoms. The second-order valence-corrected chi connectivity index (χ2v) is 7.47. The van der Waals surface area contributed by atoms with Crippen LogP contribution in [0, 0.1) is 5.82 Å². The van der Waals surface area contributed by atoms with Gasteiger partial charge in [0.25, 0.3) is 0 Å². The van der Waals surface area contributed by atoms with E-state index in [-0.39, 0.29) is 16.6 Å². The van der Waals surface area contributed by atoms with E-state index in [1.165, 1.54) is 24.4 Å². The number of hydrogen-bond donors (Lipinski definition) is 3. The minimum Gasteiger partial charge on any atom is -0.354 e. The third-order valence-corrected chi connectivity index (χ3v) is 4.92. The standard InChI is InChI=1S/C16H18FN5O3S/c17-13-3-1-2-4-14(13)21-16(23)20-11-7-8-22(10-11)15-6-5-12(9-19-15)26(18,24)25/h1-6,9,11H,7-8,10H2,(H2,18,24,25)(H2,20,21,23)/t11-/m1/s1. The quantitative estimate of drug-likeness (QED) is 0.739. The zero-order chi connectivity index (χ0) is 18.7. The van der Waals surface area contributed by atoms with Crippen LogP contribution in [-0.2, 0) is 10.0 Å². The summed E-state index contributed by atoms with van der Waals surface area (Å²) >= 11 is 0. The Kier molecular flexibility index (Phi) is 5.05. The Balaban J connectivity index is 1.57. The van der Waals surface area contributed by atoms with Crippen molar-refractivity contribution in [2.45, 2.75) is 17.4 Å². The van der Waals surface area contributed by atoms with Gasteiger partial charge in [0.05, 0.1) is 5.69 Å². The summed E-state index contributed by atoms with van der Waals surface area (Å²) in [5, 5.41) is 10.3. The maximum atomic E-state index is 13.6. The van der Waals surface area contributed by atoms with Crippen molar-refractivity contribution in [1.29, 1.82) is 0 Å². The van der Waals surface area contributed by atoms with Crippen LogP contribution in [0.15, 0.2) is 47.5 Å². The van der Waals surface area contributed by atoms with Crippen LogP contribution in [0.5, 0.6) is 0 Å². The lowest BCUT2D eigenvalue weighted by molar-refractivity contribution is 0.249. The van der Waals surface area contributed by atoms with Gasteiger partial charge in [-0.1, -0.05) is 12.1 Å². The first kappa shape index (κ1) is 18.1. The highest BCUT2D eigenvalue weighted by molar-refractivity contribution is 7.89. The molecule has 1 aliphatic heterocycles. The third kappa shape index (κ3) is 4.27. The van der Waals surface area contributed by atoms with Gasteiger partial charge in [-0.15, -0.1) is 0 Å². The van der Waals surface area contributed by atoms with Crippen molar-refractivity contribution >= 4 is 27.6 Å².